The number of nitrogen functional groups attached to an aromatic ring is 1. The van der Waals surface area contributed by atoms with Crippen LogP contribution in [-0.2, 0) is 4.79 Å². The number of rotatable bonds is 7. The minimum atomic E-state index is 0.0792. The third kappa shape index (κ3) is 4.47. The number of methoxy groups -OCH3 is 1. The molecule has 1 aromatic rings. The van der Waals surface area contributed by atoms with Gasteiger partial charge in [0.05, 0.1) is 12.8 Å². The summed E-state index contributed by atoms with van der Waals surface area (Å²) in [6.07, 6.45) is 3.88. The lowest BCUT2D eigenvalue weighted by Crippen LogP contribution is -2.22. The number of nitrogens with two attached hydrogens (primary N) is 1. The van der Waals surface area contributed by atoms with Crippen molar-refractivity contribution in [2.24, 2.45) is 5.92 Å². The highest BCUT2D eigenvalue weighted by Gasteiger charge is 2.16. The van der Waals surface area contributed by atoms with Gasteiger partial charge in [0.2, 0.25) is 5.91 Å². The van der Waals surface area contributed by atoms with Crippen molar-refractivity contribution in [3.63, 3.8) is 0 Å². The molecule has 0 bridgehead atoms. The Morgan fingerprint density at radius 3 is 2.47 bits per heavy atom. The molecule has 0 unspecified atom stereocenters. The van der Waals surface area contributed by atoms with E-state index in [-0.39, 0.29) is 11.8 Å². The molecule has 0 fully saturated rings. The smallest absolute Gasteiger partial charge is 0.227 e. The third-order valence-electron chi connectivity index (χ3n) is 3.15. The average molecular weight is 264 g/mol. The fourth-order valence-corrected chi connectivity index (χ4v) is 2.14. The number of carbonyl (C=O) groups excluding carboxylic acids is 1. The van der Waals surface area contributed by atoms with Crippen LogP contribution in [0.15, 0.2) is 18.2 Å². The van der Waals surface area contributed by atoms with Gasteiger partial charge in [-0.3, -0.25) is 4.79 Å². The number of hydrogen-bond acceptors (Lipinski definition) is 3. The normalized spacial score (nSPS) is 10.5. The lowest BCUT2D eigenvalue weighted by molar-refractivity contribution is -0.120. The first-order chi connectivity index (χ1) is 9.12. The molecule has 0 saturated heterocycles. The van der Waals surface area contributed by atoms with E-state index in [1.807, 2.05) is 0 Å². The van der Waals surface area contributed by atoms with Gasteiger partial charge in [0.15, 0.2) is 0 Å². The predicted molar refractivity (Wildman–Crippen MR) is 79.3 cm³/mol. The van der Waals surface area contributed by atoms with Crippen molar-refractivity contribution in [1.82, 2.24) is 0 Å². The Balaban J connectivity index is 2.74. The van der Waals surface area contributed by atoms with Gasteiger partial charge in [0.1, 0.15) is 5.75 Å². The summed E-state index contributed by atoms with van der Waals surface area (Å²) in [5.41, 5.74) is 7.05. The first kappa shape index (κ1) is 15.3. The van der Waals surface area contributed by atoms with E-state index in [4.69, 9.17) is 10.5 Å². The van der Waals surface area contributed by atoms with Gasteiger partial charge in [-0.15, -0.1) is 0 Å². The first-order valence-corrected chi connectivity index (χ1v) is 6.86. The van der Waals surface area contributed by atoms with Gasteiger partial charge in [-0.05, 0) is 25.0 Å². The maximum Gasteiger partial charge on any atom is 0.227 e. The molecule has 19 heavy (non-hydrogen) atoms. The van der Waals surface area contributed by atoms with Crippen LogP contribution in [0.5, 0.6) is 5.75 Å². The summed E-state index contributed by atoms with van der Waals surface area (Å²) in [6.45, 7) is 4.20. The van der Waals surface area contributed by atoms with Gasteiger partial charge in [0.25, 0.3) is 0 Å². The van der Waals surface area contributed by atoms with Gasteiger partial charge in [-0.2, -0.15) is 0 Å². The SMILES string of the molecule is CCCC(CCC)C(=O)Nc1ccc(N)c(OC)c1. The van der Waals surface area contributed by atoms with Crippen molar-refractivity contribution >= 4 is 17.3 Å². The maximum atomic E-state index is 12.2. The Kier molecular flexibility index (Phi) is 6.19. The Labute approximate surface area is 115 Å². The van der Waals surface area contributed by atoms with Crippen LogP contribution in [0.2, 0.25) is 0 Å². The van der Waals surface area contributed by atoms with E-state index in [1.165, 1.54) is 0 Å². The molecule has 1 aromatic carbocycles. The van der Waals surface area contributed by atoms with E-state index in [1.54, 1.807) is 25.3 Å². The minimum absolute atomic E-state index is 0.0792. The van der Waals surface area contributed by atoms with E-state index in [2.05, 4.69) is 19.2 Å². The quantitative estimate of drug-likeness (QED) is 0.741. The Morgan fingerprint density at radius 1 is 1.32 bits per heavy atom. The van der Waals surface area contributed by atoms with Crippen molar-refractivity contribution in [3.05, 3.63) is 18.2 Å². The maximum absolute atomic E-state index is 12.2. The molecule has 4 nitrogen and oxygen atoms in total. The van der Waals surface area contributed by atoms with E-state index in [9.17, 15) is 4.79 Å². The molecule has 0 radical (unpaired) electrons. The molecule has 106 valence electrons. The van der Waals surface area contributed by atoms with Crippen LogP contribution in [0.4, 0.5) is 11.4 Å². The lowest BCUT2D eigenvalue weighted by atomic mass is 9.97. The van der Waals surface area contributed by atoms with E-state index in [0.29, 0.717) is 11.4 Å². The summed E-state index contributed by atoms with van der Waals surface area (Å²) >= 11 is 0. The summed E-state index contributed by atoms with van der Waals surface area (Å²) in [5.74, 6) is 0.745. The van der Waals surface area contributed by atoms with Crippen molar-refractivity contribution in [2.75, 3.05) is 18.2 Å². The zero-order valence-corrected chi connectivity index (χ0v) is 12.0. The second-order valence-electron chi connectivity index (χ2n) is 4.72. The number of benzene rings is 1. The molecular weight excluding hydrogens is 240 g/mol. The van der Waals surface area contributed by atoms with Crippen LogP contribution in [0.25, 0.3) is 0 Å². The largest absolute Gasteiger partial charge is 0.495 e. The van der Waals surface area contributed by atoms with E-state index < -0.39 is 0 Å². The zero-order chi connectivity index (χ0) is 14.3. The highest BCUT2D eigenvalue weighted by atomic mass is 16.5. The molecule has 1 amide bonds. The van der Waals surface area contributed by atoms with Gasteiger partial charge >= 0.3 is 0 Å². The summed E-state index contributed by atoms with van der Waals surface area (Å²) in [7, 11) is 1.56. The zero-order valence-electron chi connectivity index (χ0n) is 12.0. The summed E-state index contributed by atoms with van der Waals surface area (Å²) in [6, 6.07) is 5.29. The number of nitrogens with one attached hydrogen (secondary N) is 1. The van der Waals surface area contributed by atoms with E-state index >= 15 is 0 Å². The molecule has 0 aliphatic rings. The average Bonchev–Trinajstić information content (AvgIpc) is 2.40. The highest BCUT2D eigenvalue weighted by molar-refractivity contribution is 5.93. The molecule has 1 rings (SSSR count). The molecule has 0 aliphatic heterocycles. The van der Waals surface area contributed by atoms with Gasteiger partial charge in [-0.25, -0.2) is 0 Å². The van der Waals surface area contributed by atoms with Crippen molar-refractivity contribution in [1.29, 1.82) is 0 Å². The summed E-state index contributed by atoms with van der Waals surface area (Å²) in [4.78, 5) is 12.2. The summed E-state index contributed by atoms with van der Waals surface area (Å²) in [5, 5.41) is 2.94. The molecule has 4 heteroatoms. The Hall–Kier alpha value is -1.71. The molecule has 0 saturated carbocycles. The van der Waals surface area contributed by atoms with Gasteiger partial charge < -0.3 is 15.8 Å². The van der Waals surface area contributed by atoms with Crippen molar-refractivity contribution in [2.45, 2.75) is 39.5 Å². The number of hydrogen-bond donors (Lipinski definition) is 2. The van der Waals surface area contributed by atoms with Crippen LogP contribution >= 0.6 is 0 Å². The fraction of sp³-hybridized carbons (Fsp3) is 0.533. The standard InChI is InChI=1S/C15H24N2O2/c1-4-6-11(7-5-2)15(18)17-12-8-9-13(16)14(10-12)19-3/h8-11H,4-7,16H2,1-3H3,(H,17,18). The highest BCUT2D eigenvalue weighted by Crippen LogP contribution is 2.26. The second kappa shape index (κ2) is 7.67. The van der Waals surface area contributed by atoms with E-state index in [0.717, 1.165) is 31.4 Å². The molecule has 0 aromatic heterocycles. The number of carbonyl (C=O) groups is 1. The Bertz CT molecular complexity index is 413. The predicted octanol–water partition coefficient (Wildman–Crippen LogP) is 3.43. The molecule has 3 N–H and O–H groups in total. The minimum Gasteiger partial charge on any atom is -0.495 e. The fourth-order valence-electron chi connectivity index (χ4n) is 2.14. The Morgan fingerprint density at radius 2 is 1.95 bits per heavy atom. The lowest BCUT2D eigenvalue weighted by Gasteiger charge is -2.16. The van der Waals surface area contributed by atoms with Crippen LogP contribution in [0.3, 0.4) is 0 Å². The number of ether oxygens (including phenoxy) is 1. The van der Waals surface area contributed by atoms with Crippen LogP contribution < -0.4 is 15.8 Å². The van der Waals surface area contributed by atoms with Gasteiger partial charge in [-0.1, -0.05) is 26.7 Å². The topological polar surface area (TPSA) is 64.4 Å². The summed E-state index contributed by atoms with van der Waals surface area (Å²) < 4.78 is 5.15. The first-order valence-electron chi connectivity index (χ1n) is 6.86. The third-order valence-corrected chi connectivity index (χ3v) is 3.15. The molecule has 0 atom stereocenters. The monoisotopic (exact) mass is 264 g/mol. The molecule has 0 aliphatic carbocycles. The molecule has 0 spiro atoms. The molecular formula is C15H24N2O2. The number of anilines is 2. The van der Waals surface area contributed by atoms with Crippen molar-refractivity contribution in [3.8, 4) is 5.75 Å². The molecule has 0 heterocycles. The van der Waals surface area contributed by atoms with Crippen LogP contribution in [-0.4, -0.2) is 13.0 Å². The van der Waals surface area contributed by atoms with Crippen LogP contribution in [0.1, 0.15) is 39.5 Å². The van der Waals surface area contributed by atoms with Crippen molar-refractivity contribution < 1.29 is 9.53 Å². The van der Waals surface area contributed by atoms with Crippen LogP contribution in [0, 0.1) is 5.92 Å². The number of amides is 1. The second-order valence-corrected chi connectivity index (χ2v) is 4.72. The van der Waals surface area contributed by atoms with Gasteiger partial charge in [0, 0.05) is 17.7 Å².